The van der Waals surface area contributed by atoms with E-state index in [-0.39, 0.29) is 0 Å². The fraction of sp³-hybridized carbons (Fsp3) is 0.444. The van der Waals surface area contributed by atoms with Crippen LogP contribution >= 0.6 is 0 Å². The van der Waals surface area contributed by atoms with E-state index >= 15 is 0 Å². The minimum atomic E-state index is 0.578. The molecule has 0 fully saturated rings. The summed E-state index contributed by atoms with van der Waals surface area (Å²) in [4.78, 5) is 8.97. The molecule has 0 aliphatic carbocycles. The number of unbranched alkanes of at least 4 members (excludes halogenated alkanes) is 2. The maximum atomic E-state index is 5.62. The fourth-order valence-corrected chi connectivity index (χ4v) is 2.56. The van der Waals surface area contributed by atoms with E-state index in [4.69, 9.17) is 9.47 Å². The number of benzene rings is 1. The van der Waals surface area contributed by atoms with Crippen LogP contribution in [-0.2, 0) is 0 Å². The Labute approximate surface area is 142 Å². The summed E-state index contributed by atoms with van der Waals surface area (Å²) in [5.41, 5.74) is 1.83. The third-order valence-corrected chi connectivity index (χ3v) is 3.73. The van der Waals surface area contributed by atoms with Crippen molar-refractivity contribution >= 4 is 17.5 Å². The van der Waals surface area contributed by atoms with Crippen molar-refractivity contribution in [2.45, 2.75) is 33.1 Å². The summed E-state index contributed by atoms with van der Waals surface area (Å²) in [6.45, 7) is 6.22. The van der Waals surface area contributed by atoms with Gasteiger partial charge in [0, 0.05) is 30.1 Å². The molecule has 1 aromatic heterocycles. The van der Waals surface area contributed by atoms with E-state index < -0.39 is 0 Å². The monoisotopic (exact) mass is 328 g/mol. The number of aryl methyl sites for hydroxylation is 1. The molecule has 0 atom stereocenters. The van der Waals surface area contributed by atoms with Crippen molar-refractivity contribution < 1.29 is 9.47 Å². The molecule has 0 unspecified atom stereocenters. The first-order valence-electron chi connectivity index (χ1n) is 8.51. The quantitative estimate of drug-likeness (QED) is 0.751. The Morgan fingerprint density at radius 1 is 1.04 bits per heavy atom. The van der Waals surface area contributed by atoms with Crippen molar-refractivity contribution in [1.82, 2.24) is 9.97 Å². The molecule has 24 heavy (non-hydrogen) atoms. The first-order valence-corrected chi connectivity index (χ1v) is 8.51. The summed E-state index contributed by atoms with van der Waals surface area (Å²) in [7, 11) is 0. The second-order valence-electron chi connectivity index (χ2n) is 5.84. The smallest absolute Gasteiger partial charge is 0.224 e. The van der Waals surface area contributed by atoms with Crippen LogP contribution in [0.1, 0.15) is 31.9 Å². The predicted molar refractivity (Wildman–Crippen MR) is 95.5 cm³/mol. The molecule has 0 saturated heterocycles. The molecule has 0 bridgehead atoms. The maximum absolute atomic E-state index is 5.62. The normalized spacial score (nSPS) is 12.8. The maximum Gasteiger partial charge on any atom is 0.224 e. The lowest BCUT2D eigenvalue weighted by Gasteiger charge is -2.19. The Kier molecular flexibility index (Phi) is 5.36. The molecule has 2 heterocycles. The molecule has 1 aliphatic rings. The van der Waals surface area contributed by atoms with E-state index in [1.54, 1.807) is 0 Å². The van der Waals surface area contributed by atoms with Crippen molar-refractivity contribution in [3.63, 3.8) is 0 Å². The van der Waals surface area contributed by atoms with Gasteiger partial charge in [0.1, 0.15) is 19.0 Å². The SMILES string of the molecule is CCCCCNc1nc(C)cc(Nc2ccc3c(c2)OCCO3)n1. The standard InChI is InChI=1S/C18H24N4O2/c1-3-4-5-8-19-18-20-13(2)11-17(22-18)21-14-6-7-15-16(12-14)24-10-9-23-15/h6-7,11-12H,3-5,8-10H2,1-2H3,(H2,19,20,21,22). The van der Waals surface area contributed by atoms with Gasteiger partial charge in [-0.15, -0.1) is 0 Å². The predicted octanol–water partition coefficient (Wildman–Crippen LogP) is 3.90. The van der Waals surface area contributed by atoms with Gasteiger partial charge in [0.2, 0.25) is 5.95 Å². The van der Waals surface area contributed by atoms with Crippen LogP contribution in [0.5, 0.6) is 11.5 Å². The first kappa shape index (κ1) is 16.4. The third kappa shape index (κ3) is 4.28. The highest BCUT2D eigenvalue weighted by Gasteiger charge is 2.12. The van der Waals surface area contributed by atoms with Crippen LogP contribution in [0.3, 0.4) is 0 Å². The van der Waals surface area contributed by atoms with Crippen LogP contribution in [0, 0.1) is 6.92 Å². The van der Waals surface area contributed by atoms with Gasteiger partial charge in [0.15, 0.2) is 11.5 Å². The summed E-state index contributed by atoms with van der Waals surface area (Å²) >= 11 is 0. The van der Waals surface area contributed by atoms with E-state index in [9.17, 15) is 0 Å². The fourth-order valence-electron chi connectivity index (χ4n) is 2.56. The summed E-state index contributed by atoms with van der Waals surface area (Å²) in [6.07, 6.45) is 3.53. The molecule has 0 radical (unpaired) electrons. The summed E-state index contributed by atoms with van der Waals surface area (Å²) in [6, 6.07) is 7.72. The topological polar surface area (TPSA) is 68.3 Å². The Hall–Kier alpha value is -2.50. The van der Waals surface area contributed by atoms with Gasteiger partial charge >= 0.3 is 0 Å². The Morgan fingerprint density at radius 2 is 1.88 bits per heavy atom. The largest absolute Gasteiger partial charge is 0.486 e. The van der Waals surface area contributed by atoms with Crippen molar-refractivity contribution in [2.75, 3.05) is 30.4 Å². The summed E-state index contributed by atoms with van der Waals surface area (Å²) < 4.78 is 11.2. The summed E-state index contributed by atoms with van der Waals surface area (Å²) in [5, 5.41) is 6.60. The van der Waals surface area contributed by atoms with Crippen molar-refractivity contribution in [3.8, 4) is 11.5 Å². The third-order valence-electron chi connectivity index (χ3n) is 3.73. The molecule has 0 saturated carbocycles. The van der Waals surface area contributed by atoms with E-state index in [1.807, 2.05) is 31.2 Å². The van der Waals surface area contributed by atoms with E-state index in [0.717, 1.165) is 41.7 Å². The van der Waals surface area contributed by atoms with E-state index in [0.29, 0.717) is 19.2 Å². The molecule has 2 N–H and O–H groups in total. The minimum absolute atomic E-state index is 0.578. The lowest BCUT2D eigenvalue weighted by Crippen LogP contribution is -2.15. The van der Waals surface area contributed by atoms with Gasteiger partial charge in [-0.3, -0.25) is 0 Å². The molecule has 0 spiro atoms. The number of hydrogen-bond acceptors (Lipinski definition) is 6. The average Bonchev–Trinajstić information content (AvgIpc) is 2.58. The van der Waals surface area contributed by atoms with Gasteiger partial charge in [0.25, 0.3) is 0 Å². The molecule has 1 aliphatic heterocycles. The molecule has 128 valence electrons. The zero-order chi connectivity index (χ0) is 16.8. The highest BCUT2D eigenvalue weighted by Crippen LogP contribution is 2.33. The van der Waals surface area contributed by atoms with Gasteiger partial charge in [-0.2, -0.15) is 4.98 Å². The highest BCUT2D eigenvalue weighted by molar-refractivity contribution is 5.62. The van der Waals surface area contributed by atoms with E-state index in [2.05, 4.69) is 27.5 Å². The molecular formula is C18H24N4O2. The number of rotatable bonds is 7. The van der Waals surface area contributed by atoms with Gasteiger partial charge in [-0.1, -0.05) is 19.8 Å². The van der Waals surface area contributed by atoms with Gasteiger partial charge in [-0.05, 0) is 25.5 Å². The Bertz CT molecular complexity index is 691. The van der Waals surface area contributed by atoms with Crippen LogP contribution in [0.4, 0.5) is 17.5 Å². The van der Waals surface area contributed by atoms with Gasteiger partial charge in [0.05, 0.1) is 0 Å². The van der Waals surface area contributed by atoms with Crippen molar-refractivity contribution in [2.24, 2.45) is 0 Å². The molecule has 3 rings (SSSR count). The lowest BCUT2D eigenvalue weighted by molar-refractivity contribution is 0.171. The molecule has 0 amide bonds. The number of anilines is 3. The minimum Gasteiger partial charge on any atom is -0.486 e. The number of fused-ring (bicyclic) bond motifs is 1. The Morgan fingerprint density at radius 3 is 2.71 bits per heavy atom. The number of aromatic nitrogens is 2. The van der Waals surface area contributed by atoms with Gasteiger partial charge in [-0.25, -0.2) is 4.98 Å². The number of nitrogens with zero attached hydrogens (tertiary/aromatic N) is 2. The van der Waals surface area contributed by atoms with Crippen LogP contribution in [0.25, 0.3) is 0 Å². The molecular weight excluding hydrogens is 304 g/mol. The first-order chi connectivity index (χ1) is 11.7. The van der Waals surface area contributed by atoms with Crippen LogP contribution in [0.2, 0.25) is 0 Å². The molecule has 6 heteroatoms. The second kappa shape index (κ2) is 7.86. The summed E-state index contributed by atoms with van der Waals surface area (Å²) in [5.74, 6) is 2.96. The van der Waals surface area contributed by atoms with Gasteiger partial charge < -0.3 is 20.1 Å². The van der Waals surface area contributed by atoms with E-state index in [1.165, 1.54) is 12.8 Å². The van der Waals surface area contributed by atoms with Crippen LogP contribution < -0.4 is 20.1 Å². The van der Waals surface area contributed by atoms with Crippen LogP contribution in [0.15, 0.2) is 24.3 Å². The number of nitrogens with one attached hydrogen (secondary N) is 2. The Balaban J connectivity index is 1.69. The lowest BCUT2D eigenvalue weighted by atomic mass is 10.2. The van der Waals surface area contributed by atoms with Crippen molar-refractivity contribution in [1.29, 1.82) is 0 Å². The number of hydrogen-bond donors (Lipinski definition) is 2. The molecule has 1 aromatic carbocycles. The zero-order valence-electron chi connectivity index (χ0n) is 14.3. The highest BCUT2D eigenvalue weighted by atomic mass is 16.6. The molecule has 2 aromatic rings. The zero-order valence-corrected chi connectivity index (χ0v) is 14.3. The number of ether oxygens (including phenoxy) is 2. The van der Waals surface area contributed by atoms with Crippen LogP contribution in [-0.4, -0.2) is 29.7 Å². The average molecular weight is 328 g/mol. The second-order valence-corrected chi connectivity index (χ2v) is 5.84. The molecule has 6 nitrogen and oxygen atoms in total. The van der Waals surface area contributed by atoms with Crippen molar-refractivity contribution in [3.05, 3.63) is 30.0 Å².